The Morgan fingerprint density at radius 1 is 1.27 bits per heavy atom. The standard InChI is InChI=1S/C7H13NO.C2H6/c1-8-4-7-3-2-6(8)5-9-7;1-2/h6-7H,2-5H2,1H3;1-2H3. The normalized spacial score (nSPS) is 36.3. The number of morpholine rings is 1. The van der Waals surface area contributed by atoms with E-state index in [2.05, 4.69) is 11.9 Å². The van der Waals surface area contributed by atoms with E-state index in [9.17, 15) is 0 Å². The van der Waals surface area contributed by atoms with Crippen molar-refractivity contribution in [2.75, 3.05) is 20.2 Å². The van der Waals surface area contributed by atoms with Crippen LogP contribution in [0.25, 0.3) is 0 Å². The summed E-state index contributed by atoms with van der Waals surface area (Å²) in [6.45, 7) is 6.13. The van der Waals surface area contributed by atoms with E-state index in [4.69, 9.17) is 4.74 Å². The Morgan fingerprint density at radius 3 is 2.18 bits per heavy atom. The molecular formula is C9H19NO. The van der Waals surface area contributed by atoms with E-state index in [1.807, 2.05) is 13.8 Å². The fourth-order valence-electron chi connectivity index (χ4n) is 1.75. The van der Waals surface area contributed by atoms with E-state index in [0.29, 0.717) is 6.10 Å². The molecule has 3 saturated heterocycles. The minimum Gasteiger partial charge on any atom is -0.375 e. The van der Waals surface area contributed by atoms with Crippen LogP contribution in [0.15, 0.2) is 0 Å². The van der Waals surface area contributed by atoms with E-state index in [1.165, 1.54) is 12.8 Å². The van der Waals surface area contributed by atoms with Gasteiger partial charge in [0.1, 0.15) is 0 Å². The van der Waals surface area contributed by atoms with Crippen molar-refractivity contribution >= 4 is 0 Å². The molecule has 0 spiro atoms. The average molecular weight is 157 g/mol. The first-order valence-electron chi connectivity index (χ1n) is 4.68. The van der Waals surface area contributed by atoms with Crippen LogP contribution in [0.4, 0.5) is 0 Å². The Balaban J connectivity index is 0.000000281. The van der Waals surface area contributed by atoms with Gasteiger partial charge in [0.2, 0.25) is 0 Å². The molecular weight excluding hydrogens is 138 g/mol. The smallest absolute Gasteiger partial charge is 0.0703 e. The minimum atomic E-state index is 0.556. The first-order valence-corrected chi connectivity index (χ1v) is 4.68. The van der Waals surface area contributed by atoms with Crippen molar-refractivity contribution in [3.05, 3.63) is 0 Å². The summed E-state index contributed by atoms with van der Waals surface area (Å²) in [5.74, 6) is 0. The summed E-state index contributed by atoms with van der Waals surface area (Å²) < 4.78 is 5.51. The van der Waals surface area contributed by atoms with E-state index in [0.717, 1.165) is 19.2 Å². The van der Waals surface area contributed by atoms with Crippen LogP contribution in [0.3, 0.4) is 0 Å². The summed E-state index contributed by atoms with van der Waals surface area (Å²) >= 11 is 0. The lowest BCUT2D eigenvalue weighted by atomic mass is 9.98. The fourth-order valence-corrected chi connectivity index (χ4v) is 1.75. The van der Waals surface area contributed by atoms with E-state index < -0.39 is 0 Å². The molecule has 3 aliphatic heterocycles. The SMILES string of the molecule is CC.CN1CC2CCC1CO2. The van der Waals surface area contributed by atoms with Gasteiger partial charge in [-0.25, -0.2) is 0 Å². The summed E-state index contributed by atoms with van der Waals surface area (Å²) in [6, 6.07) is 0.731. The second kappa shape index (κ2) is 4.07. The molecule has 0 aromatic rings. The molecule has 3 fully saturated rings. The highest BCUT2D eigenvalue weighted by atomic mass is 16.5. The zero-order valence-corrected chi connectivity index (χ0v) is 7.84. The molecule has 2 atom stereocenters. The third kappa shape index (κ3) is 1.94. The Morgan fingerprint density at radius 2 is 2.00 bits per heavy atom. The molecule has 0 aliphatic carbocycles. The van der Waals surface area contributed by atoms with Gasteiger partial charge in [-0.2, -0.15) is 0 Å². The predicted octanol–water partition coefficient (Wildman–Crippen LogP) is 1.51. The molecule has 3 heterocycles. The molecule has 0 radical (unpaired) electrons. The van der Waals surface area contributed by atoms with Crippen molar-refractivity contribution in [2.45, 2.75) is 38.8 Å². The van der Waals surface area contributed by atoms with Gasteiger partial charge >= 0.3 is 0 Å². The molecule has 0 aromatic heterocycles. The largest absolute Gasteiger partial charge is 0.375 e. The molecule has 3 aliphatic rings. The lowest BCUT2D eigenvalue weighted by molar-refractivity contribution is -0.0962. The Hall–Kier alpha value is -0.0800. The minimum absolute atomic E-state index is 0.556. The molecule has 11 heavy (non-hydrogen) atoms. The summed E-state index contributed by atoms with van der Waals surface area (Å²) in [5, 5.41) is 0. The molecule has 0 aromatic carbocycles. The molecule has 66 valence electrons. The monoisotopic (exact) mass is 157 g/mol. The Kier molecular flexibility index (Phi) is 3.34. The van der Waals surface area contributed by atoms with Gasteiger partial charge in [-0.1, -0.05) is 13.8 Å². The van der Waals surface area contributed by atoms with E-state index in [-0.39, 0.29) is 0 Å². The maximum atomic E-state index is 5.51. The zero-order valence-electron chi connectivity index (χ0n) is 7.84. The van der Waals surface area contributed by atoms with Crippen LogP contribution in [0, 0.1) is 0 Å². The van der Waals surface area contributed by atoms with Crippen LogP contribution in [0.2, 0.25) is 0 Å². The van der Waals surface area contributed by atoms with Crippen molar-refractivity contribution in [3.63, 3.8) is 0 Å². The van der Waals surface area contributed by atoms with E-state index in [1.54, 1.807) is 0 Å². The van der Waals surface area contributed by atoms with Gasteiger partial charge in [-0.15, -0.1) is 0 Å². The average Bonchev–Trinajstić information content (AvgIpc) is 2.10. The zero-order chi connectivity index (χ0) is 8.27. The molecule has 0 N–H and O–H groups in total. The molecule has 0 amide bonds. The molecule has 0 saturated carbocycles. The van der Waals surface area contributed by atoms with Gasteiger partial charge in [-0.3, -0.25) is 4.90 Å². The lowest BCUT2D eigenvalue weighted by Crippen LogP contribution is -2.52. The Labute approximate surface area is 69.5 Å². The van der Waals surface area contributed by atoms with Crippen LogP contribution in [0.5, 0.6) is 0 Å². The third-order valence-corrected chi connectivity index (χ3v) is 2.46. The van der Waals surface area contributed by atoms with Crippen LogP contribution in [-0.2, 0) is 4.74 Å². The van der Waals surface area contributed by atoms with Crippen LogP contribution in [0.1, 0.15) is 26.7 Å². The summed E-state index contributed by atoms with van der Waals surface area (Å²) in [4.78, 5) is 2.41. The quantitative estimate of drug-likeness (QED) is 0.528. The molecule has 2 bridgehead atoms. The number of hydrogen-bond donors (Lipinski definition) is 0. The highest BCUT2D eigenvalue weighted by molar-refractivity contribution is 4.84. The van der Waals surface area contributed by atoms with Crippen molar-refractivity contribution in [1.82, 2.24) is 4.90 Å². The number of rotatable bonds is 0. The number of likely N-dealkylation sites (N-methyl/N-ethyl adjacent to an activating group) is 1. The third-order valence-electron chi connectivity index (χ3n) is 2.46. The second-order valence-electron chi connectivity index (χ2n) is 3.13. The number of nitrogens with zero attached hydrogens (tertiary/aromatic N) is 1. The van der Waals surface area contributed by atoms with Gasteiger partial charge in [-0.05, 0) is 19.9 Å². The van der Waals surface area contributed by atoms with Crippen molar-refractivity contribution in [2.24, 2.45) is 0 Å². The summed E-state index contributed by atoms with van der Waals surface area (Å²) in [7, 11) is 2.19. The maximum absolute atomic E-state index is 5.51. The maximum Gasteiger partial charge on any atom is 0.0703 e. The fraction of sp³-hybridized carbons (Fsp3) is 1.00. The summed E-state index contributed by atoms with van der Waals surface area (Å²) in [5.41, 5.74) is 0. The van der Waals surface area contributed by atoms with Crippen molar-refractivity contribution < 1.29 is 4.74 Å². The number of fused-ring (bicyclic) bond motifs is 3. The van der Waals surface area contributed by atoms with Gasteiger partial charge in [0.25, 0.3) is 0 Å². The first kappa shape index (κ1) is 9.01. The van der Waals surface area contributed by atoms with Crippen LogP contribution >= 0.6 is 0 Å². The highest BCUT2D eigenvalue weighted by Gasteiger charge is 2.31. The molecule has 2 heteroatoms. The summed E-state index contributed by atoms with van der Waals surface area (Å²) in [6.07, 6.45) is 3.19. The lowest BCUT2D eigenvalue weighted by Gasteiger charge is -2.43. The topological polar surface area (TPSA) is 12.5 Å². The number of hydrogen-bond acceptors (Lipinski definition) is 2. The second-order valence-corrected chi connectivity index (χ2v) is 3.13. The molecule has 3 rings (SSSR count). The predicted molar refractivity (Wildman–Crippen MR) is 46.7 cm³/mol. The Bertz CT molecular complexity index is 108. The van der Waals surface area contributed by atoms with E-state index >= 15 is 0 Å². The van der Waals surface area contributed by atoms with Crippen molar-refractivity contribution in [3.8, 4) is 0 Å². The number of piperidine rings is 1. The van der Waals surface area contributed by atoms with Crippen LogP contribution in [-0.4, -0.2) is 37.2 Å². The van der Waals surface area contributed by atoms with Gasteiger partial charge < -0.3 is 4.74 Å². The molecule has 2 nitrogen and oxygen atoms in total. The van der Waals surface area contributed by atoms with Gasteiger partial charge in [0.05, 0.1) is 12.7 Å². The first-order chi connectivity index (χ1) is 5.36. The van der Waals surface area contributed by atoms with Crippen LogP contribution < -0.4 is 0 Å². The number of ether oxygens (including phenoxy) is 1. The van der Waals surface area contributed by atoms with Crippen molar-refractivity contribution in [1.29, 1.82) is 0 Å². The van der Waals surface area contributed by atoms with Gasteiger partial charge in [0, 0.05) is 12.6 Å². The molecule has 2 unspecified atom stereocenters. The highest BCUT2D eigenvalue weighted by Crippen LogP contribution is 2.24. The van der Waals surface area contributed by atoms with Gasteiger partial charge in [0.15, 0.2) is 0 Å².